The molecule has 0 saturated carbocycles. The maximum absolute atomic E-state index is 14.0. The summed E-state index contributed by atoms with van der Waals surface area (Å²) in [5.74, 6) is 1.25. The number of carbonyl (C=O) groups is 1. The summed E-state index contributed by atoms with van der Waals surface area (Å²) >= 11 is 1.52. The normalized spacial score (nSPS) is 15.0. The minimum absolute atomic E-state index is 0.00731. The minimum Gasteiger partial charge on any atom is -0.361 e. The first kappa shape index (κ1) is 22.5. The summed E-state index contributed by atoms with van der Waals surface area (Å²) in [5, 5.41) is 4.71. The predicted octanol–water partition coefficient (Wildman–Crippen LogP) is 4.47. The lowest BCUT2D eigenvalue weighted by molar-refractivity contribution is 0.0756. The van der Waals surface area contributed by atoms with Crippen LogP contribution in [0.5, 0.6) is 0 Å². The maximum Gasteiger partial charge on any atom is 0.256 e. The number of halogens is 1. The van der Waals surface area contributed by atoms with Gasteiger partial charge in [0.1, 0.15) is 16.6 Å². The number of aromatic nitrogens is 2. The molecule has 0 N–H and O–H groups in total. The maximum atomic E-state index is 14.0. The van der Waals surface area contributed by atoms with Crippen molar-refractivity contribution in [2.75, 3.05) is 26.2 Å². The zero-order valence-corrected chi connectivity index (χ0v) is 19.2. The molecule has 32 heavy (non-hydrogen) atoms. The van der Waals surface area contributed by atoms with E-state index in [1.807, 2.05) is 36.9 Å². The molecule has 3 aromatic rings. The van der Waals surface area contributed by atoms with Crippen molar-refractivity contribution >= 4 is 17.7 Å². The van der Waals surface area contributed by atoms with E-state index in [1.54, 1.807) is 18.3 Å². The average Bonchev–Trinajstić information content (AvgIpc) is 2.98. The fraction of sp³-hybridized carbons (Fsp3) is 0.375. The first-order valence-electron chi connectivity index (χ1n) is 10.8. The molecule has 6 nitrogen and oxygen atoms in total. The van der Waals surface area contributed by atoms with Crippen LogP contribution < -0.4 is 0 Å². The van der Waals surface area contributed by atoms with Crippen LogP contribution in [-0.2, 0) is 12.3 Å². The van der Waals surface area contributed by atoms with E-state index in [0.717, 1.165) is 30.0 Å². The summed E-state index contributed by atoms with van der Waals surface area (Å²) in [5.41, 5.74) is 3.21. The number of rotatable bonds is 6. The third-order valence-electron chi connectivity index (χ3n) is 5.76. The zero-order valence-electron chi connectivity index (χ0n) is 18.4. The Kier molecular flexibility index (Phi) is 7.22. The van der Waals surface area contributed by atoms with Gasteiger partial charge in [0.2, 0.25) is 0 Å². The fourth-order valence-corrected chi connectivity index (χ4v) is 5.03. The molecule has 0 aliphatic carbocycles. The van der Waals surface area contributed by atoms with Gasteiger partial charge in [-0.15, -0.1) is 11.8 Å². The van der Waals surface area contributed by atoms with E-state index in [1.165, 1.54) is 17.8 Å². The fourth-order valence-electron chi connectivity index (χ4n) is 3.89. The van der Waals surface area contributed by atoms with Crippen molar-refractivity contribution in [1.82, 2.24) is 19.9 Å². The Hall–Kier alpha value is -2.71. The molecule has 168 valence electrons. The van der Waals surface area contributed by atoms with Gasteiger partial charge in [0.25, 0.3) is 5.91 Å². The Morgan fingerprint density at radius 1 is 1.12 bits per heavy atom. The SMILES string of the molecule is Cc1noc(C)c1CSc1ncccc1C(=O)N1CCCN(Cc2ccccc2F)CC1. The van der Waals surface area contributed by atoms with Crippen molar-refractivity contribution in [2.45, 2.75) is 37.6 Å². The highest BCUT2D eigenvalue weighted by Gasteiger charge is 2.23. The van der Waals surface area contributed by atoms with Crippen molar-refractivity contribution in [2.24, 2.45) is 0 Å². The van der Waals surface area contributed by atoms with E-state index in [-0.39, 0.29) is 11.7 Å². The number of hydrogen-bond acceptors (Lipinski definition) is 6. The van der Waals surface area contributed by atoms with Crippen LogP contribution in [0.15, 0.2) is 52.1 Å². The molecule has 0 atom stereocenters. The van der Waals surface area contributed by atoms with Crippen LogP contribution in [0.2, 0.25) is 0 Å². The first-order valence-corrected chi connectivity index (χ1v) is 11.8. The van der Waals surface area contributed by atoms with Crippen LogP contribution in [-0.4, -0.2) is 52.0 Å². The van der Waals surface area contributed by atoms with Crippen LogP contribution in [0.1, 0.15) is 39.4 Å². The van der Waals surface area contributed by atoms with Crippen LogP contribution in [0.4, 0.5) is 4.39 Å². The van der Waals surface area contributed by atoms with Crippen molar-refractivity contribution < 1.29 is 13.7 Å². The Bertz CT molecular complexity index is 1070. The minimum atomic E-state index is -0.181. The molecule has 1 fully saturated rings. The smallest absolute Gasteiger partial charge is 0.256 e. The highest BCUT2D eigenvalue weighted by molar-refractivity contribution is 7.98. The molecular weight excluding hydrogens is 427 g/mol. The van der Waals surface area contributed by atoms with E-state index >= 15 is 0 Å². The Morgan fingerprint density at radius 3 is 2.75 bits per heavy atom. The number of nitrogens with zero attached hydrogens (tertiary/aromatic N) is 4. The molecule has 8 heteroatoms. The lowest BCUT2D eigenvalue weighted by Gasteiger charge is -2.23. The summed E-state index contributed by atoms with van der Waals surface area (Å²) in [6.07, 6.45) is 2.56. The molecule has 4 rings (SSSR count). The number of amides is 1. The van der Waals surface area contributed by atoms with Crippen LogP contribution in [0.3, 0.4) is 0 Å². The van der Waals surface area contributed by atoms with Gasteiger partial charge in [-0.1, -0.05) is 23.4 Å². The summed E-state index contributed by atoms with van der Waals surface area (Å²) in [6, 6.07) is 10.5. The van der Waals surface area contributed by atoms with Crippen LogP contribution in [0, 0.1) is 19.7 Å². The second kappa shape index (κ2) is 10.3. The van der Waals surface area contributed by atoms with E-state index in [4.69, 9.17) is 4.52 Å². The van der Waals surface area contributed by atoms with Crippen molar-refractivity contribution in [3.63, 3.8) is 0 Å². The summed E-state index contributed by atoms with van der Waals surface area (Å²) < 4.78 is 19.3. The molecule has 1 saturated heterocycles. The molecule has 2 aromatic heterocycles. The third kappa shape index (κ3) is 5.19. The summed E-state index contributed by atoms with van der Waals surface area (Å²) in [7, 11) is 0. The molecule has 1 aliphatic rings. The second-order valence-corrected chi connectivity index (χ2v) is 8.92. The largest absolute Gasteiger partial charge is 0.361 e. The van der Waals surface area contributed by atoms with E-state index in [9.17, 15) is 9.18 Å². The van der Waals surface area contributed by atoms with E-state index in [2.05, 4.69) is 15.0 Å². The molecule has 0 spiro atoms. The number of benzene rings is 1. The molecule has 0 unspecified atom stereocenters. The van der Waals surface area contributed by atoms with Gasteiger partial charge in [-0.05, 0) is 38.5 Å². The van der Waals surface area contributed by atoms with Crippen molar-refractivity contribution in [3.8, 4) is 0 Å². The van der Waals surface area contributed by atoms with Gasteiger partial charge in [0.15, 0.2) is 0 Å². The predicted molar refractivity (Wildman–Crippen MR) is 122 cm³/mol. The van der Waals surface area contributed by atoms with Gasteiger partial charge in [0, 0.05) is 55.8 Å². The Morgan fingerprint density at radius 2 is 1.97 bits per heavy atom. The third-order valence-corrected chi connectivity index (χ3v) is 6.80. The van der Waals surface area contributed by atoms with Gasteiger partial charge in [-0.2, -0.15) is 0 Å². The van der Waals surface area contributed by atoms with E-state index < -0.39 is 0 Å². The number of carbonyl (C=O) groups excluding carboxylic acids is 1. The molecule has 1 aromatic carbocycles. The topological polar surface area (TPSA) is 62.5 Å². The van der Waals surface area contributed by atoms with Gasteiger partial charge in [-0.3, -0.25) is 9.69 Å². The van der Waals surface area contributed by atoms with Gasteiger partial charge in [-0.25, -0.2) is 9.37 Å². The quantitative estimate of drug-likeness (QED) is 0.512. The lowest BCUT2D eigenvalue weighted by Crippen LogP contribution is -2.35. The Labute approximate surface area is 191 Å². The molecule has 3 heterocycles. The highest BCUT2D eigenvalue weighted by Crippen LogP contribution is 2.28. The summed E-state index contributed by atoms with van der Waals surface area (Å²) in [6.45, 7) is 7.19. The van der Waals surface area contributed by atoms with Crippen LogP contribution >= 0.6 is 11.8 Å². The number of hydrogen-bond donors (Lipinski definition) is 0. The number of thioether (sulfide) groups is 1. The highest BCUT2D eigenvalue weighted by atomic mass is 32.2. The van der Waals surface area contributed by atoms with Crippen LogP contribution in [0.25, 0.3) is 0 Å². The molecule has 0 radical (unpaired) electrons. The van der Waals surface area contributed by atoms with E-state index in [0.29, 0.717) is 48.1 Å². The monoisotopic (exact) mass is 454 g/mol. The van der Waals surface area contributed by atoms with Gasteiger partial charge in [0.05, 0.1) is 11.3 Å². The lowest BCUT2D eigenvalue weighted by atomic mass is 10.2. The van der Waals surface area contributed by atoms with Crippen molar-refractivity contribution in [1.29, 1.82) is 0 Å². The standard InChI is InChI=1S/C24H27FN4O2S/c1-17-21(18(2)31-27-17)16-32-23-20(8-5-10-26-23)24(30)29-12-6-11-28(13-14-29)15-19-7-3-4-9-22(19)25/h3-5,7-10H,6,11-16H2,1-2H3. The molecule has 1 aliphatic heterocycles. The summed E-state index contributed by atoms with van der Waals surface area (Å²) in [4.78, 5) is 21.9. The average molecular weight is 455 g/mol. The van der Waals surface area contributed by atoms with Gasteiger partial charge >= 0.3 is 0 Å². The molecule has 0 bridgehead atoms. The van der Waals surface area contributed by atoms with Gasteiger partial charge < -0.3 is 9.42 Å². The first-order chi connectivity index (χ1) is 15.5. The molecular formula is C24H27FN4O2S. The number of pyridine rings is 1. The number of aryl methyl sites for hydroxylation is 2. The second-order valence-electron chi connectivity index (χ2n) is 7.96. The molecule has 1 amide bonds. The van der Waals surface area contributed by atoms with Crippen molar-refractivity contribution in [3.05, 3.63) is 76.6 Å². The zero-order chi connectivity index (χ0) is 22.5. The Balaban J connectivity index is 1.41.